The van der Waals surface area contributed by atoms with Gasteiger partial charge in [0.15, 0.2) is 0 Å². The molecule has 0 saturated carbocycles. The van der Waals surface area contributed by atoms with Gasteiger partial charge < -0.3 is 19.7 Å². The highest BCUT2D eigenvalue weighted by molar-refractivity contribution is 7.93. The molecule has 0 fully saturated rings. The number of aromatic nitrogens is 3. The number of esters is 1. The zero-order valence-electron chi connectivity index (χ0n) is 27.4. The van der Waals surface area contributed by atoms with Gasteiger partial charge in [0.2, 0.25) is 12.7 Å². The number of carbonyl (C=O) groups excluding carboxylic acids is 3. The van der Waals surface area contributed by atoms with Gasteiger partial charge in [-0.3, -0.25) is 9.59 Å². The van der Waals surface area contributed by atoms with Gasteiger partial charge in [0.25, 0.3) is 5.91 Å². The van der Waals surface area contributed by atoms with Crippen LogP contribution < -0.4 is 15.9 Å². The van der Waals surface area contributed by atoms with Crippen LogP contribution in [0.2, 0.25) is 0 Å². The average Bonchev–Trinajstić information content (AvgIpc) is 3.56. The van der Waals surface area contributed by atoms with E-state index in [9.17, 15) is 24.1 Å². The van der Waals surface area contributed by atoms with Gasteiger partial charge in [0.1, 0.15) is 29.1 Å². The van der Waals surface area contributed by atoms with E-state index in [0.717, 1.165) is 11.6 Å². The Morgan fingerprint density at radius 3 is 2.06 bits per heavy atom. The number of phenolic OH excluding ortho intramolecular Hbond substituents is 1. The number of fused-ring (bicyclic) bond motifs is 1. The van der Waals surface area contributed by atoms with Crippen LogP contribution in [0.4, 0.5) is 0 Å². The molecule has 0 saturated heterocycles. The van der Waals surface area contributed by atoms with E-state index in [1.54, 1.807) is 78.9 Å². The number of carbonyl (C=O) groups is 3. The number of nitrogens with zero attached hydrogens (tertiary/aromatic N) is 3. The lowest BCUT2D eigenvalue weighted by molar-refractivity contribution is -0.138. The van der Waals surface area contributed by atoms with E-state index in [-0.39, 0.29) is 30.5 Å². The first kappa shape index (κ1) is 33.8. The Hall–Kier alpha value is -6.12. The van der Waals surface area contributed by atoms with E-state index < -0.39 is 18.6 Å². The molecule has 0 aliphatic heterocycles. The fourth-order valence-electron chi connectivity index (χ4n) is 5.79. The van der Waals surface area contributed by atoms with Gasteiger partial charge in [-0.1, -0.05) is 85.4 Å². The van der Waals surface area contributed by atoms with Gasteiger partial charge in [-0.25, -0.2) is 4.79 Å². The molecule has 0 radical (unpaired) electrons. The minimum absolute atomic E-state index is 0.0243. The summed E-state index contributed by atoms with van der Waals surface area (Å²) in [5.41, 5.74) is 4.24. The number of ether oxygens (including phenoxy) is 1. The van der Waals surface area contributed by atoms with Gasteiger partial charge in [-0.05, 0) is 66.4 Å². The first-order valence-electron chi connectivity index (χ1n) is 15.7. The third kappa shape index (κ3) is 6.74. The lowest BCUT2D eigenvalue weighted by atomic mass is 10.00. The summed E-state index contributed by atoms with van der Waals surface area (Å²) in [4.78, 5) is 40.1. The van der Waals surface area contributed by atoms with Crippen LogP contribution in [0.3, 0.4) is 0 Å². The molecule has 1 aromatic heterocycles. The Morgan fingerprint density at radius 2 is 1.44 bits per heavy atom. The second-order valence-corrected chi connectivity index (χ2v) is 14.4. The third-order valence-electron chi connectivity index (χ3n) is 8.23. The average molecular weight is 685 g/mol. The van der Waals surface area contributed by atoms with Crippen LogP contribution in [0.15, 0.2) is 122 Å². The van der Waals surface area contributed by atoms with Crippen LogP contribution in [-0.4, -0.2) is 37.5 Å². The zero-order chi connectivity index (χ0) is 35.4. The summed E-state index contributed by atoms with van der Waals surface area (Å²) < 4.78 is 19.8. The smallest absolute Gasteiger partial charge is 0.330 e. The number of amides is 1. The first-order chi connectivity index (χ1) is 24.1. The van der Waals surface area contributed by atoms with Gasteiger partial charge in [-0.2, -0.15) is 0 Å². The molecule has 5 aromatic carbocycles. The van der Waals surface area contributed by atoms with E-state index in [1.807, 2.05) is 38.1 Å². The molecule has 0 bridgehead atoms. The Labute approximate surface area is 288 Å². The zero-order valence-corrected chi connectivity index (χ0v) is 28.3. The van der Waals surface area contributed by atoms with Crippen molar-refractivity contribution in [2.45, 2.75) is 27.0 Å². The van der Waals surface area contributed by atoms with E-state index >= 15 is 0 Å². The summed E-state index contributed by atoms with van der Waals surface area (Å²) in [5.74, 6) is -0.994. The minimum Gasteiger partial charge on any atom is -0.506 e. The standard InChI is InChI=1S/C39H33N4O6P/c1-4-36(45)49-24-27-15-18-35(44)34(21-27)43-41-32-17-16-29(22-33(32)42-43)38(46)40-23-28-19-25(2)37(26(3)20-28)39(47)50(48,30-11-7-5-8-12-30)31-13-9-6-10-14-31/h4-22,44H,1,23-24H2,2-3H3,(H,40,46). The predicted octanol–water partition coefficient (Wildman–Crippen LogP) is 6.06. The maximum atomic E-state index is 14.7. The largest absolute Gasteiger partial charge is 0.506 e. The van der Waals surface area contributed by atoms with Crippen molar-refractivity contribution in [1.82, 2.24) is 20.3 Å². The fourth-order valence-corrected chi connectivity index (χ4v) is 8.41. The SMILES string of the molecule is C=CC(=O)OCc1ccc(O)c(-n2nc3ccc(C(=O)NCc4cc(C)c(C(=O)P(=O)(c5ccccc5)c5ccccc5)c(C)c4)cc3n2)c1. The molecule has 0 aliphatic carbocycles. The highest BCUT2D eigenvalue weighted by atomic mass is 31.2. The van der Waals surface area contributed by atoms with Gasteiger partial charge >= 0.3 is 5.97 Å². The molecule has 0 unspecified atom stereocenters. The summed E-state index contributed by atoms with van der Waals surface area (Å²) in [6.07, 6.45) is 1.07. The maximum absolute atomic E-state index is 14.7. The van der Waals surface area contributed by atoms with Gasteiger partial charge in [0, 0.05) is 34.4 Å². The highest BCUT2D eigenvalue weighted by Crippen LogP contribution is 2.48. The summed E-state index contributed by atoms with van der Waals surface area (Å²) in [5, 5.41) is 23.2. The number of hydrogen-bond donors (Lipinski definition) is 2. The van der Waals surface area contributed by atoms with Crippen molar-refractivity contribution in [3.05, 3.63) is 155 Å². The number of aromatic hydroxyl groups is 1. The molecule has 0 atom stereocenters. The number of nitrogens with one attached hydrogen (secondary N) is 1. The van der Waals surface area contributed by atoms with Crippen LogP contribution in [0.5, 0.6) is 5.75 Å². The number of aryl methyl sites for hydroxylation is 2. The Bertz CT molecular complexity index is 2250. The van der Waals surface area contributed by atoms with Gasteiger partial charge in [0.05, 0.1) is 0 Å². The molecule has 2 N–H and O–H groups in total. The van der Waals surface area contributed by atoms with Gasteiger partial charge in [-0.15, -0.1) is 15.0 Å². The molecule has 6 rings (SSSR count). The van der Waals surface area contributed by atoms with Crippen LogP contribution >= 0.6 is 7.14 Å². The lowest BCUT2D eigenvalue weighted by Crippen LogP contribution is -2.24. The van der Waals surface area contributed by atoms with Crippen molar-refractivity contribution in [2.75, 3.05) is 0 Å². The van der Waals surface area contributed by atoms with Crippen molar-refractivity contribution in [2.24, 2.45) is 0 Å². The third-order valence-corrected chi connectivity index (χ3v) is 11.1. The quantitative estimate of drug-likeness (QED) is 0.0955. The minimum atomic E-state index is -3.69. The molecule has 0 spiro atoms. The fraction of sp³-hybridized carbons (Fsp3) is 0.103. The van der Waals surface area contributed by atoms with Crippen LogP contribution in [0.25, 0.3) is 16.7 Å². The molecule has 0 aliphatic rings. The Morgan fingerprint density at radius 1 is 0.820 bits per heavy atom. The normalized spacial score (nSPS) is 11.2. The molecule has 11 heteroatoms. The monoisotopic (exact) mass is 684 g/mol. The number of rotatable bonds is 11. The lowest BCUT2D eigenvalue weighted by Gasteiger charge is -2.21. The number of benzene rings is 5. The maximum Gasteiger partial charge on any atom is 0.330 e. The van der Waals surface area contributed by atoms with E-state index in [4.69, 9.17) is 4.74 Å². The second kappa shape index (κ2) is 14.2. The highest BCUT2D eigenvalue weighted by Gasteiger charge is 2.38. The molecule has 1 heterocycles. The topological polar surface area (TPSA) is 140 Å². The van der Waals surface area contributed by atoms with E-state index in [2.05, 4.69) is 22.1 Å². The van der Waals surface area contributed by atoms with Crippen LogP contribution in [-0.2, 0) is 27.2 Å². The van der Waals surface area contributed by atoms with Crippen molar-refractivity contribution >= 4 is 46.2 Å². The van der Waals surface area contributed by atoms with Crippen molar-refractivity contribution in [3.63, 3.8) is 0 Å². The van der Waals surface area contributed by atoms with Crippen molar-refractivity contribution in [3.8, 4) is 11.4 Å². The summed E-state index contributed by atoms with van der Waals surface area (Å²) in [7, 11) is -3.69. The Balaban J connectivity index is 1.20. The summed E-state index contributed by atoms with van der Waals surface area (Å²) in [6, 6.07) is 30.9. The first-order valence-corrected chi connectivity index (χ1v) is 17.4. The number of hydrogen-bond acceptors (Lipinski definition) is 8. The molecule has 10 nitrogen and oxygen atoms in total. The van der Waals surface area contributed by atoms with Crippen molar-refractivity contribution in [1.29, 1.82) is 0 Å². The Kier molecular flexibility index (Phi) is 9.56. The van der Waals surface area contributed by atoms with E-state index in [1.165, 1.54) is 10.9 Å². The summed E-state index contributed by atoms with van der Waals surface area (Å²) >= 11 is 0. The molecule has 6 aromatic rings. The van der Waals surface area contributed by atoms with Crippen LogP contribution in [0, 0.1) is 13.8 Å². The summed E-state index contributed by atoms with van der Waals surface area (Å²) in [6.45, 7) is 7.16. The molecular weight excluding hydrogens is 651 g/mol. The molecular formula is C39H33N4O6P. The number of phenols is 1. The predicted molar refractivity (Wildman–Crippen MR) is 192 cm³/mol. The van der Waals surface area contributed by atoms with E-state index in [0.29, 0.717) is 49.5 Å². The molecule has 1 amide bonds. The van der Waals surface area contributed by atoms with Crippen molar-refractivity contribution < 1.29 is 28.8 Å². The molecule has 250 valence electrons. The van der Waals surface area contributed by atoms with Crippen LogP contribution in [0.1, 0.15) is 43.0 Å². The second-order valence-electron chi connectivity index (χ2n) is 11.7. The molecule has 50 heavy (non-hydrogen) atoms.